The monoisotopic (exact) mass is 373 g/mol. The van der Waals surface area contributed by atoms with Crippen molar-refractivity contribution in [2.75, 3.05) is 38.2 Å². The smallest absolute Gasteiger partial charge is 0.406 e. The van der Waals surface area contributed by atoms with Crippen LogP contribution in [0.3, 0.4) is 0 Å². The molecule has 0 unspecified atom stereocenters. The topological polar surface area (TPSA) is 78.9 Å². The molecule has 0 atom stereocenters. The van der Waals surface area contributed by atoms with E-state index in [9.17, 15) is 22.8 Å². The minimum Gasteiger partial charge on any atom is -0.481 e. The van der Waals surface area contributed by atoms with Crippen LogP contribution in [0.15, 0.2) is 12.3 Å². The van der Waals surface area contributed by atoms with Gasteiger partial charge >= 0.3 is 12.2 Å². The molecule has 0 bridgehead atoms. The number of imide groups is 1. The third kappa shape index (κ3) is 3.81. The fraction of sp³-hybridized carbons (Fsp3) is 0.600. The minimum absolute atomic E-state index is 0.275. The van der Waals surface area contributed by atoms with Crippen LogP contribution < -0.4 is 9.64 Å². The summed E-state index contributed by atoms with van der Waals surface area (Å²) in [5.74, 6) is 0.108. The Bertz CT molecular complexity index is 691. The van der Waals surface area contributed by atoms with Crippen molar-refractivity contribution in [2.24, 2.45) is 0 Å². The standard InChI is InChI=1S/C15H18F3N5O3/c1-26-11-2-5-19-13(20-11)21-6-3-10(4-7-21)22-8-12(24)23(14(22)25)9-15(16,17)18/h2,5,10H,3-4,6-9H2,1H3. The number of aromatic nitrogens is 2. The van der Waals surface area contributed by atoms with Crippen LogP contribution in [0, 0.1) is 0 Å². The van der Waals surface area contributed by atoms with E-state index in [2.05, 4.69) is 9.97 Å². The van der Waals surface area contributed by atoms with Gasteiger partial charge in [-0.1, -0.05) is 0 Å². The number of methoxy groups -OCH3 is 1. The number of hydrogen-bond acceptors (Lipinski definition) is 6. The second-order valence-electron chi connectivity index (χ2n) is 6.12. The quantitative estimate of drug-likeness (QED) is 0.740. The van der Waals surface area contributed by atoms with Gasteiger partial charge in [-0.05, 0) is 12.8 Å². The average Bonchev–Trinajstić information content (AvgIpc) is 2.89. The highest BCUT2D eigenvalue weighted by Crippen LogP contribution is 2.26. The van der Waals surface area contributed by atoms with Crippen molar-refractivity contribution in [3.63, 3.8) is 0 Å². The van der Waals surface area contributed by atoms with Gasteiger partial charge in [-0.3, -0.25) is 9.69 Å². The lowest BCUT2D eigenvalue weighted by Gasteiger charge is -2.36. The molecule has 142 valence electrons. The van der Waals surface area contributed by atoms with E-state index in [-0.39, 0.29) is 17.5 Å². The van der Waals surface area contributed by atoms with Crippen LogP contribution in [0.5, 0.6) is 5.88 Å². The molecule has 8 nitrogen and oxygen atoms in total. The Morgan fingerprint density at radius 2 is 1.96 bits per heavy atom. The molecule has 3 rings (SSSR count). The molecular weight excluding hydrogens is 355 g/mol. The molecule has 26 heavy (non-hydrogen) atoms. The van der Waals surface area contributed by atoms with Crippen molar-refractivity contribution in [3.05, 3.63) is 12.3 Å². The largest absolute Gasteiger partial charge is 0.481 e. The minimum atomic E-state index is -4.60. The van der Waals surface area contributed by atoms with Crippen LogP contribution in [0.4, 0.5) is 23.9 Å². The van der Waals surface area contributed by atoms with Crippen LogP contribution in [0.1, 0.15) is 12.8 Å². The number of halogens is 3. The number of alkyl halides is 3. The van der Waals surface area contributed by atoms with Gasteiger partial charge in [0.05, 0.1) is 7.11 Å². The highest BCUT2D eigenvalue weighted by atomic mass is 19.4. The Kier molecular flexibility index (Phi) is 4.88. The van der Waals surface area contributed by atoms with Crippen molar-refractivity contribution >= 4 is 17.9 Å². The molecule has 0 aliphatic carbocycles. The van der Waals surface area contributed by atoms with E-state index >= 15 is 0 Å². The predicted octanol–water partition coefficient (Wildman–Crippen LogP) is 1.28. The number of nitrogens with zero attached hydrogens (tertiary/aromatic N) is 5. The molecule has 0 N–H and O–H groups in total. The zero-order valence-electron chi connectivity index (χ0n) is 14.1. The molecule has 3 heterocycles. The first-order chi connectivity index (χ1) is 12.3. The summed E-state index contributed by atoms with van der Waals surface area (Å²) in [7, 11) is 1.50. The summed E-state index contributed by atoms with van der Waals surface area (Å²) in [5.41, 5.74) is 0. The fourth-order valence-electron chi connectivity index (χ4n) is 3.16. The van der Waals surface area contributed by atoms with Crippen LogP contribution in [0.2, 0.25) is 0 Å². The molecule has 2 saturated heterocycles. The van der Waals surface area contributed by atoms with Crippen LogP contribution >= 0.6 is 0 Å². The zero-order valence-corrected chi connectivity index (χ0v) is 14.1. The number of rotatable bonds is 4. The molecule has 1 aromatic heterocycles. The van der Waals surface area contributed by atoms with Gasteiger partial charge in [-0.25, -0.2) is 9.78 Å². The maximum absolute atomic E-state index is 12.5. The van der Waals surface area contributed by atoms with Crippen LogP contribution in [0.25, 0.3) is 0 Å². The summed E-state index contributed by atoms with van der Waals surface area (Å²) < 4.78 is 42.6. The third-order valence-electron chi connectivity index (χ3n) is 4.44. The molecule has 0 radical (unpaired) electrons. The van der Waals surface area contributed by atoms with E-state index in [4.69, 9.17) is 4.74 Å². The van der Waals surface area contributed by atoms with Crippen LogP contribution in [-0.4, -0.2) is 77.2 Å². The number of ether oxygens (including phenoxy) is 1. The second-order valence-corrected chi connectivity index (χ2v) is 6.12. The van der Waals surface area contributed by atoms with E-state index in [0.717, 1.165) is 0 Å². The molecular formula is C15H18F3N5O3. The van der Waals surface area contributed by atoms with Crippen molar-refractivity contribution in [1.82, 2.24) is 19.8 Å². The van der Waals surface area contributed by atoms with E-state index in [1.165, 1.54) is 12.0 Å². The second kappa shape index (κ2) is 6.96. The number of piperidine rings is 1. The van der Waals surface area contributed by atoms with Crippen molar-refractivity contribution in [2.45, 2.75) is 25.1 Å². The van der Waals surface area contributed by atoms with Crippen LogP contribution in [-0.2, 0) is 4.79 Å². The Labute approximate surface area is 147 Å². The number of hydrogen-bond donors (Lipinski definition) is 0. The maximum atomic E-state index is 12.5. The zero-order chi connectivity index (χ0) is 18.9. The van der Waals surface area contributed by atoms with E-state index < -0.39 is 24.7 Å². The number of urea groups is 1. The Morgan fingerprint density at radius 3 is 2.58 bits per heavy atom. The number of amides is 3. The molecule has 0 spiro atoms. The summed E-state index contributed by atoms with van der Waals surface area (Å²) in [6, 6.07) is 0.468. The number of carbonyl (C=O) groups excluding carboxylic acids is 2. The summed E-state index contributed by atoms with van der Waals surface area (Å²) in [6.07, 6.45) is -2.00. The summed E-state index contributed by atoms with van der Waals surface area (Å²) in [5, 5.41) is 0. The average molecular weight is 373 g/mol. The summed E-state index contributed by atoms with van der Waals surface area (Å²) in [4.78, 5) is 35.8. The first kappa shape index (κ1) is 18.2. The fourth-order valence-corrected chi connectivity index (χ4v) is 3.16. The molecule has 2 aliphatic rings. The molecule has 1 aromatic rings. The predicted molar refractivity (Wildman–Crippen MR) is 83.7 cm³/mol. The first-order valence-electron chi connectivity index (χ1n) is 8.08. The normalized spacial score (nSPS) is 19.5. The SMILES string of the molecule is COc1ccnc(N2CCC(N3CC(=O)N(CC(F)(F)F)C3=O)CC2)n1. The van der Waals surface area contributed by atoms with Gasteiger partial charge < -0.3 is 14.5 Å². The van der Waals surface area contributed by atoms with Gasteiger partial charge in [0.2, 0.25) is 11.8 Å². The van der Waals surface area contributed by atoms with Gasteiger partial charge in [0.1, 0.15) is 13.1 Å². The molecule has 2 aliphatic heterocycles. The molecule has 0 aromatic carbocycles. The molecule has 0 saturated carbocycles. The van der Waals surface area contributed by atoms with E-state index in [1.807, 2.05) is 4.90 Å². The van der Waals surface area contributed by atoms with E-state index in [0.29, 0.717) is 37.8 Å². The maximum Gasteiger partial charge on any atom is 0.406 e. The Morgan fingerprint density at radius 1 is 1.27 bits per heavy atom. The summed E-state index contributed by atoms with van der Waals surface area (Å²) in [6.45, 7) is -0.808. The molecule has 3 amide bonds. The first-order valence-corrected chi connectivity index (χ1v) is 8.08. The lowest BCUT2D eigenvalue weighted by Crippen LogP contribution is -2.47. The highest BCUT2D eigenvalue weighted by Gasteiger charge is 2.45. The van der Waals surface area contributed by atoms with Gasteiger partial charge in [-0.15, -0.1) is 0 Å². The van der Waals surface area contributed by atoms with Crippen molar-refractivity contribution in [1.29, 1.82) is 0 Å². The van der Waals surface area contributed by atoms with Crippen molar-refractivity contribution < 1.29 is 27.5 Å². The van der Waals surface area contributed by atoms with Gasteiger partial charge in [0.25, 0.3) is 5.91 Å². The summed E-state index contributed by atoms with van der Waals surface area (Å²) >= 11 is 0. The van der Waals surface area contributed by atoms with Gasteiger partial charge in [0, 0.05) is 31.4 Å². The lowest BCUT2D eigenvalue weighted by molar-refractivity contribution is -0.151. The Hall–Kier alpha value is -2.59. The van der Waals surface area contributed by atoms with Gasteiger partial charge in [0.15, 0.2) is 0 Å². The highest BCUT2D eigenvalue weighted by molar-refractivity contribution is 6.02. The number of anilines is 1. The molecule has 11 heteroatoms. The third-order valence-corrected chi connectivity index (χ3v) is 4.44. The van der Waals surface area contributed by atoms with E-state index in [1.54, 1.807) is 12.3 Å². The van der Waals surface area contributed by atoms with Crippen molar-refractivity contribution in [3.8, 4) is 5.88 Å². The number of carbonyl (C=O) groups is 2. The van der Waals surface area contributed by atoms with Gasteiger partial charge in [-0.2, -0.15) is 18.2 Å². The Balaban J connectivity index is 1.61. The lowest BCUT2D eigenvalue weighted by atomic mass is 10.0. The molecule has 2 fully saturated rings.